The normalized spacial score (nSPS) is 12.4. The number of aryl methyl sites for hydroxylation is 1. The Kier molecular flexibility index (Phi) is 5.33. The van der Waals surface area contributed by atoms with E-state index in [0.717, 1.165) is 17.8 Å². The number of benzene rings is 1. The Balaban J connectivity index is 2.00. The van der Waals surface area contributed by atoms with Crippen molar-refractivity contribution in [2.24, 2.45) is 5.73 Å². The largest absolute Gasteiger partial charge is 0.491 e. The van der Waals surface area contributed by atoms with Crippen LogP contribution in [0.1, 0.15) is 24.7 Å². The molecule has 114 valence electrons. The summed E-state index contributed by atoms with van der Waals surface area (Å²) < 4.78 is 21.2. The van der Waals surface area contributed by atoms with E-state index in [0.29, 0.717) is 25.3 Å². The molecule has 21 heavy (non-hydrogen) atoms. The number of nitrogens with zero attached hydrogens (tertiary/aromatic N) is 2. The highest BCUT2D eigenvalue weighted by atomic mass is 19.1. The molecule has 0 amide bonds. The van der Waals surface area contributed by atoms with Crippen LogP contribution in [-0.4, -0.2) is 22.2 Å². The smallest absolute Gasteiger partial charge is 0.123 e. The number of hydrogen-bond donors (Lipinski definition) is 1. The van der Waals surface area contributed by atoms with Gasteiger partial charge in [-0.3, -0.25) is 0 Å². The summed E-state index contributed by atoms with van der Waals surface area (Å²) >= 11 is 0. The fourth-order valence-electron chi connectivity index (χ4n) is 2.17. The zero-order chi connectivity index (χ0) is 15.2. The minimum atomic E-state index is -0.258. The SMILES string of the molecule is CCC(N)Cc1cc(F)ccc1OCCn1ccnc1C. The number of halogens is 1. The molecule has 0 saturated heterocycles. The third kappa shape index (κ3) is 4.29. The molecule has 5 heteroatoms. The second-order valence-electron chi connectivity index (χ2n) is 5.14. The lowest BCUT2D eigenvalue weighted by Gasteiger charge is -2.15. The van der Waals surface area contributed by atoms with Gasteiger partial charge in [0.05, 0.1) is 6.54 Å². The number of rotatable bonds is 7. The van der Waals surface area contributed by atoms with Gasteiger partial charge in [-0.15, -0.1) is 0 Å². The molecule has 0 radical (unpaired) electrons. The highest BCUT2D eigenvalue weighted by Gasteiger charge is 2.09. The number of nitrogens with two attached hydrogens (primary N) is 1. The number of aromatic nitrogens is 2. The van der Waals surface area contributed by atoms with Crippen molar-refractivity contribution in [3.8, 4) is 5.75 Å². The molecule has 0 spiro atoms. The van der Waals surface area contributed by atoms with Crippen LogP contribution in [0.15, 0.2) is 30.6 Å². The average Bonchev–Trinajstić information content (AvgIpc) is 2.86. The van der Waals surface area contributed by atoms with Gasteiger partial charge >= 0.3 is 0 Å². The highest BCUT2D eigenvalue weighted by Crippen LogP contribution is 2.21. The van der Waals surface area contributed by atoms with Gasteiger partial charge in [0, 0.05) is 18.4 Å². The van der Waals surface area contributed by atoms with E-state index < -0.39 is 0 Å². The number of ether oxygens (including phenoxy) is 1. The van der Waals surface area contributed by atoms with Gasteiger partial charge in [-0.2, -0.15) is 0 Å². The third-order valence-electron chi connectivity index (χ3n) is 3.54. The summed E-state index contributed by atoms with van der Waals surface area (Å²) in [5.41, 5.74) is 6.78. The molecule has 0 aliphatic heterocycles. The second-order valence-corrected chi connectivity index (χ2v) is 5.14. The Morgan fingerprint density at radius 3 is 2.90 bits per heavy atom. The van der Waals surface area contributed by atoms with Crippen molar-refractivity contribution in [3.63, 3.8) is 0 Å². The quantitative estimate of drug-likeness (QED) is 0.853. The summed E-state index contributed by atoms with van der Waals surface area (Å²) in [6.45, 7) is 5.19. The summed E-state index contributed by atoms with van der Waals surface area (Å²) in [5, 5.41) is 0. The molecule has 0 aliphatic rings. The van der Waals surface area contributed by atoms with Crippen molar-refractivity contribution in [3.05, 3.63) is 47.8 Å². The van der Waals surface area contributed by atoms with Crippen molar-refractivity contribution >= 4 is 0 Å². The van der Waals surface area contributed by atoms with E-state index in [9.17, 15) is 4.39 Å². The maximum absolute atomic E-state index is 13.4. The molecule has 1 aromatic carbocycles. The van der Waals surface area contributed by atoms with Crippen LogP contribution in [0.25, 0.3) is 0 Å². The highest BCUT2D eigenvalue weighted by molar-refractivity contribution is 5.34. The van der Waals surface area contributed by atoms with E-state index >= 15 is 0 Å². The summed E-state index contributed by atoms with van der Waals surface area (Å²) in [5.74, 6) is 1.40. The van der Waals surface area contributed by atoms with Crippen LogP contribution in [0.5, 0.6) is 5.75 Å². The van der Waals surface area contributed by atoms with E-state index in [1.165, 1.54) is 12.1 Å². The minimum absolute atomic E-state index is 0.0186. The van der Waals surface area contributed by atoms with Crippen LogP contribution in [0, 0.1) is 12.7 Å². The second kappa shape index (κ2) is 7.22. The molecule has 1 heterocycles. The van der Waals surface area contributed by atoms with Crippen molar-refractivity contribution in [2.75, 3.05) is 6.61 Å². The maximum Gasteiger partial charge on any atom is 0.123 e. The first-order valence-corrected chi connectivity index (χ1v) is 7.24. The van der Waals surface area contributed by atoms with E-state index in [1.807, 2.05) is 24.6 Å². The van der Waals surface area contributed by atoms with Crippen molar-refractivity contribution in [2.45, 2.75) is 39.3 Å². The number of hydrogen-bond acceptors (Lipinski definition) is 3. The lowest BCUT2D eigenvalue weighted by atomic mass is 10.0. The van der Waals surface area contributed by atoms with Crippen LogP contribution >= 0.6 is 0 Å². The first kappa shape index (κ1) is 15.5. The van der Waals surface area contributed by atoms with E-state index in [1.54, 1.807) is 12.3 Å². The van der Waals surface area contributed by atoms with E-state index in [4.69, 9.17) is 10.5 Å². The Bertz CT molecular complexity index is 583. The molecule has 1 atom stereocenters. The molecule has 2 rings (SSSR count). The third-order valence-corrected chi connectivity index (χ3v) is 3.54. The van der Waals surface area contributed by atoms with Crippen LogP contribution < -0.4 is 10.5 Å². The Morgan fingerprint density at radius 1 is 1.43 bits per heavy atom. The molecule has 0 bridgehead atoms. The fraction of sp³-hybridized carbons (Fsp3) is 0.438. The van der Waals surface area contributed by atoms with Crippen LogP contribution in [-0.2, 0) is 13.0 Å². The molecule has 4 nitrogen and oxygen atoms in total. The lowest BCUT2D eigenvalue weighted by molar-refractivity contribution is 0.293. The van der Waals surface area contributed by atoms with Gasteiger partial charge < -0.3 is 15.0 Å². The van der Waals surface area contributed by atoms with Gasteiger partial charge in [-0.25, -0.2) is 9.37 Å². The Morgan fingerprint density at radius 2 is 2.24 bits per heavy atom. The van der Waals surface area contributed by atoms with Crippen molar-refractivity contribution in [1.82, 2.24) is 9.55 Å². The maximum atomic E-state index is 13.4. The molecule has 1 unspecified atom stereocenters. The van der Waals surface area contributed by atoms with Crippen molar-refractivity contribution in [1.29, 1.82) is 0 Å². The molecule has 1 aromatic heterocycles. The molecule has 0 aliphatic carbocycles. The van der Waals surface area contributed by atoms with Gasteiger partial charge in [0.15, 0.2) is 0 Å². The van der Waals surface area contributed by atoms with Gasteiger partial charge in [-0.05, 0) is 43.5 Å². The fourth-order valence-corrected chi connectivity index (χ4v) is 2.17. The predicted molar refractivity (Wildman–Crippen MR) is 80.8 cm³/mol. The molecular formula is C16H22FN3O. The van der Waals surface area contributed by atoms with E-state index in [-0.39, 0.29) is 11.9 Å². The average molecular weight is 291 g/mol. The van der Waals surface area contributed by atoms with Crippen LogP contribution in [0.3, 0.4) is 0 Å². The topological polar surface area (TPSA) is 53.1 Å². The summed E-state index contributed by atoms with van der Waals surface area (Å²) in [4.78, 5) is 4.16. The first-order valence-electron chi connectivity index (χ1n) is 7.24. The predicted octanol–water partition coefficient (Wildman–Crippen LogP) is 2.69. The zero-order valence-corrected chi connectivity index (χ0v) is 12.6. The molecule has 0 fully saturated rings. The summed E-state index contributed by atoms with van der Waals surface area (Å²) in [6, 6.07) is 4.62. The molecular weight excluding hydrogens is 269 g/mol. The molecule has 2 N–H and O–H groups in total. The van der Waals surface area contributed by atoms with Gasteiger partial charge in [-0.1, -0.05) is 6.92 Å². The first-order chi connectivity index (χ1) is 10.1. The zero-order valence-electron chi connectivity index (χ0n) is 12.6. The van der Waals surface area contributed by atoms with Crippen LogP contribution in [0.2, 0.25) is 0 Å². The minimum Gasteiger partial charge on any atom is -0.491 e. The standard InChI is InChI=1S/C16H22FN3O/c1-3-15(18)11-13-10-14(17)4-5-16(13)21-9-8-20-7-6-19-12(20)2/h4-7,10,15H,3,8-9,11,18H2,1-2H3. The van der Waals surface area contributed by atoms with Gasteiger partial charge in [0.25, 0.3) is 0 Å². The van der Waals surface area contributed by atoms with E-state index in [2.05, 4.69) is 4.98 Å². The Hall–Kier alpha value is -1.88. The summed E-state index contributed by atoms with van der Waals surface area (Å²) in [6.07, 6.45) is 5.15. The monoisotopic (exact) mass is 291 g/mol. The molecule has 2 aromatic rings. The number of imidazole rings is 1. The Labute approximate surface area is 124 Å². The summed E-state index contributed by atoms with van der Waals surface area (Å²) in [7, 11) is 0. The van der Waals surface area contributed by atoms with Crippen LogP contribution in [0.4, 0.5) is 4.39 Å². The lowest BCUT2D eigenvalue weighted by Crippen LogP contribution is -2.22. The van der Waals surface area contributed by atoms with Gasteiger partial charge in [0.1, 0.15) is 24.0 Å². The molecule has 0 saturated carbocycles. The van der Waals surface area contributed by atoms with Crippen molar-refractivity contribution < 1.29 is 9.13 Å². The van der Waals surface area contributed by atoms with Gasteiger partial charge in [0.2, 0.25) is 0 Å².